The van der Waals surface area contributed by atoms with Crippen LogP contribution in [0.15, 0.2) is 85.1 Å². The maximum Gasteiger partial charge on any atom is 0.189 e. The standard InChI is InChI=1S/C35H37N5/c1-4-6-8-10-26-12-17-29(18-13-26)40(30-19-14-27(15-20-30)11-9-7-5-2)31-22-23-37-34(25-31)35-38-32-21-16-28(36-3)24-33(32)39-35/h12-25H,4-11H2,1-2H3,(H,38,39). The lowest BCUT2D eigenvalue weighted by molar-refractivity contribution is 0.717. The van der Waals surface area contributed by atoms with Crippen molar-refractivity contribution >= 4 is 33.8 Å². The molecule has 1 N–H and O–H groups in total. The van der Waals surface area contributed by atoms with E-state index in [9.17, 15) is 0 Å². The summed E-state index contributed by atoms with van der Waals surface area (Å²) in [7, 11) is 0. The van der Waals surface area contributed by atoms with Gasteiger partial charge in [0.2, 0.25) is 0 Å². The van der Waals surface area contributed by atoms with E-state index in [1.54, 1.807) is 6.07 Å². The van der Waals surface area contributed by atoms with Gasteiger partial charge in [-0.05, 0) is 85.3 Å². The summed E-state index contributed by atoms with van der Waals surface area (Å²) in [4.78, 5) is 18.6. The van der Waals surface area contributed by atoms with Gasteiger partial charge >= 0.3 is 0 Å². The predicted octanol–water partition coefficient (Wildman–Crippen LogP) is 10.1. The zero-order valence-electron chi connectivity index (χ0n) is 23.5. The van der Waals surface area contributed by atoms with Crippen molar-refractivity contribution in [1.29, 1.82) is 0 Å². The Hall–Kier alpha value is -4.43. The topological polar surface area (TPSA) is 49.2 Å². The number of anilines is 3. The monoisotopic (exact) mass is 527 g/mol. The van der Waals surface area contributed by atoms with E-state index in [0.717, 1.165) is 46.6 Å². The van der Waals surface area contributed by atoms with E-state index in [0.29, 0.717) is 11.5 Å². The Bertz CT molecular complexity index is 1520. The van der Waals surface area contributed by atoms with Crippen LogP contribution in [0.25, 0.3) is 27.4 Å². The molecular formula is C35H37N5. The molecule has 0 unspecified atom stereocenters. The van der Waals surface area contributed by atoms with Gasteiger partial charge in [0.1, 0.15) is 5.69 Å². The molecule has 0 amide bonds. The average Bonchev–Trinajstić information content (AvgIpc) is 3.43. The minimum Gasteiger partial charge on any atom is -0.338 e. The Labute approximate surface area is 237 Å². The SMILES string of the molecule is [C-]#[N+]c1ccc2nc(-c3cc(N(c4ccc(CCCCC)cc4)c4ccc(CCCCC)cc4)ccn3)[nH]c2c1. The predicted molar refractivity (Wildman–Crippen MR) is 167 cm³/mol. The van der Waals surface area contributed by atoms with Gasteiger partial charge < -0.3 is 9.88 Å². The molecule has 202 valence electrons. The summed E-state index contributed by atoms with van der Waals surface area (Å²) < 4.78 is 0. The number of aryl methyl sites for hydroxylation is 2. The number of nitrogens with zero attached hydrogens (tertiary/aromatic N) is 4. The van der Waals surface area contributed by atoms with Gasteiger partial charge in [-0.15, -0.1) is 0 Å². The van der Waals surface area contributed by atoms with Gasteiger partial charge in [-0.2, -0.15) is 0 Å². The normalized spacial score (nSPS) is 11.0. The molecule has 0 atom stereocenters. The number of hydrogen-bond donors (Lipinski definition) is 1. The van der Waals surface area contributed by atoms with E-state index < -0.39 is 0 Å². The molecule has 40 heavy (non-hydrogen) atoms. The van der Waals surface area contributed by atoms with Crippen molar-refractivity contribution in [3.63, 3.8) is 0 Å². The van der Waals surface area contributed by atoms with Crippen LogP contribution < -0.4 is 4.90 Å². The van der Waals surface area contributed by atoms with Crippen LogP contribution in [0, 0.1) is 6.57 Å². The Balaban J connectivity index is 1.50. The maximum absolute atomic E-state index is 7.31. The highest BCUT2D eigenvalue weighted by Gasteiger charge is 2.15. The quantitative estimate of drug-likeness (QED) is 0.130. The van der Waals surface area contributed by atoms with E-state index in [4.69, 9.17) is 11.6 Å². The smallest absolute Gasteiger partial charge is 0.189 e. The largest absolute Gasteiger partial charge is 0.338 e. The number of aromatic nitrogens is 3. The van der Waals surface area contributed by atoms with Crippen molar-refractivity contribution in [3.8, 4) is 11.5 Å². The molecule has 0 aliphatic carbocycles. The fourth-order valence-electron chi connectivity index (χ4n) is 5.11. The number of aromatic amines is 1. The highest BCUT2D eigenvalue weighted by Crippen LogP contribution is 2.36. The number of pyridine rings is 1. The zero-order valence-corrected chi connectivity index (χ0v) is 23.5. The van der Waals surface area contributed by atoms with Crippen LogP contribution >= 0.6 is 0 Å². The fourth-order valence-corrected chi connectivity index (χ4v) is 5.11. The Morgan fingerprint density at radius 2 is 1.35 bits per heavy atom. The van der Waals surface area contributed by atoms with Gasteiger partial charge in [0.25, 0.3) is 0 Å². The van der Waals surface area contributed by atoms with Crippen LogP contribution in [0.3, 0.4) is 0 Å². The number of fused-ring (bicyclic) bond motifs is 1. The number of hydrogen-bond acceptors (Lipinski definition) is 3. The molecule has 3 aromatic carbocycles. The molecule has 0 saturated carbocycles. The molecule has 0 spiro atoms. The lowest BCUT2D eigenvalue weighted by Crippen LogP contribution is -2.10. The molecule has 0 fully saturated rings. The third-order valence-electron chi connectivity index (χ3n) is 7.37. The van der Waals surface area contributed by atoms with Crippen LogP contribution in [-0.2, 0) is 12.8 Å². The Kier molecular flexibility index (Phi) is 8.88. The summed E-state index contributed by atoms with van der Waals surface area (Å²) in [5.74, 6) is 0.691. The highest BCUT2D eigenvalue weighted by atomic mass is 15.1. The summed E-state index contributed by atoms with van der Waals surface area (Å²) in [5.41, 5.74) is 9.00. The summed E-state index contributed by atoms with van der Waals surface area (Å²) in [6.45, 7) is 11.8. The minimum atomic E-state index is 0.590. The molecule has 2 heterocycles. The van der Waals surface area contributed by atoms with E-state index in [2.05, 4.69) is 88.2 Å². The van der Waals surface area contributed by atoms with Gasteiger partial charge in [-0.25, -0.2) is 9.83 Å². The zero-order chi connectivity index (χ0) is 27.7. The third-order valence-corrected chi connectivity index (χ3v) is 7.37. The second-order valence-corrected chi connectivity index (χ2v) is 10.4. The van der Waals surface area contributed by atoms with Gasteiger partial charge in [0.05, 0.1) is 17.6 Å². The van der Waals surface area contributed by atoms with Gasteiger partial charge in [0.15, 0.2) is 11.5 Å². The molecule has 5 heteroatoms. The summed E-state index contributed by atoms with van der Waals surface area (Å²) in [6, 6.07) is 27.6. The first-order valence-corrected chi connectivity index (χ1v) is 14.5. The van der Waals surface area contributed by atoms with E-state index in [1.807, 2.05) is 24.4 Å². The molecule has 0 bridgehead atoms. The van der Waals surface area contributed by atoms with Crippen molar-refractivity contribution in [2.45, 2.75) is 65.2 Å². The molecule has 2 aromatic heterocycles. The molecular weight excluding hydrogens is 490 g/mol. The van der Waals surface area contributed by atoms with Gasteiger partial charge in [0, 0.05) is 23.3 Å². The highest BCUT2D eigenvalue weighted by molar-refractivity contribution is 5.83. The Morgan fingerprint density at radius 3 is 1.93 bits per heavy atom. The lowest BCUT2D eigenvalue weighted by atomic mass is 10.0. The second-order valence-electron chi connectivity index (χ2n) is 10.4. The Morgan fingerprint density at radius 1 is 0.725 bits per heavy atom. The first-order valence-electron chi connectivity index (χ1n) is 14.5. The van der Waals surface area contributed by atoms with Crippen LogP contribution in [0.2, 0.25) is 0 Å². The third kappa shape index (κ3) is 6.40. The minimum absolute atomic E-state index is 0.590. The number of benzene rings is 3. The van der Waals surface area contributed by atoms with Crippen LogP contribution in [0.5, 0.6) is 0 Å². The van der Waals surface area contributed by atoms with Crippen LogP contribution in [-0.4, -0.2) is 15.0 Å². The summed E-state index contributed by atoms with van der Waals surface area (Å²) in [6.07, 6.45) is 11.5. The molecule has 0 radical (unpaired) electrons. The number of rotatable bonds is 12. The van der Waals surface area contributed by atoms with Crippen molar-refractivity contribution in [2.75, 3.05) is 4.90 Å². The van der Waals surface area contributed by atoms with Crippen molar-refractivity contribution in [1.82, 2.24) is 15.0 Å². The summed E-state index contributed by atoms with van der Waals surface area (Å²) in [5, 5.41) is 0. The van der Waals surface area contributed by atoms with Gasteiger partial charge in [-0.3, -0.25) is 4.98 Å². The van der Waals surface area contributed by atoms with E-state index in [1.165, 1.54) is 49.7 Å². The van der Waals surface area contributed by atoms with Crippen molar-refractivity contribution in [2.24, 2.45) is 0 Å². The molecule has 5 aromatic rings. The fraction of sp³-hybridized carbons (Fsp3) is 0.286. The number of H-pyrrole nitrogens is 1. The van der Waals surface area contributed by atoms with Gasteiger partial charge in [-0.1, -0.05) is 69.9 Å². The molecule has 0 saturated heterocycles. The van der Waals surface area contributed by atoms with Crippen LogP contribution in [0.1, 0.15) is 63.5 Å². The lowest BCUT2D eigenvalue weighted by Gasteiger charge is -2.26. The first-order chi connectivity index (χ1) is 19.7. The van der Waals surface area contributed by atoms with Crippen LogP contribution in [0.4, 0.5) is 22.7 Å². The average molecular weight is 528 g/mol. The second kappa shape index (κ2) is 13.1. The molecule has 0 aliphatic rings. The molecule has 5 nitrogen and oxygen atoms in total. The van der Waals surface area contributed by atoms with Crippen molar-refractivity contribution in [3.05, 3.63) is 108 Å². The number of nitrogens with one attached hydrogen (secondary N) is 1. The number of imidazole rings is 1. The van der Waals surface area contributed by atoms with Crippen molar-refractivity contribution < 1.29 is 0 Å². The number of unbranched alkanes of at least 4 members (excludes halogenated alkanes) is 4. The maximum atomic E-state index is 7.31. The first kappa shape index (κ1) is 27.1. The van der Waals surface area contributed by atoms with E-state index >= 15 is 0 Å². The molecule has 0 aliphatic heterocycles. The molecule has 5 rings (SSSR count). The van der Waals surface area contributed by atoms with E-state index in [-0.39, 0.29) is 0 Å². The summed E-state index contributed by atoms with van der Waals surface area (Å²) >= 11 is 0.